The Kier molecular flexibility index (Phi) is 6.87. The van der Waals surface area contributed by atoms with Crippen LogP contribution in [0.2, 0.25) is 0 Å². The molecule has 19 heavy (non-hydrogen) atoms. The minimum Gasteiger partial charge on any atom is -0.496 e. The summed E-state index contributed by atoms with van der Waals surface area (Å²) in [7, 11) is 1.61. The molecule has 1 aromatic rings. The van der Waals surface area contributed by atoms with Gasteiger partial charge in [-0.15, -0.1) is 0 Å². The fourth-order valence-corrected chi connectivity index (χ4v) is 2.31. The quantitative estimate of drug-likeness (QED) is 0.808. The fourth-order valence-electron chi connectivity index (χ4n) is 1.77. The van der Waals surface area contributed by atoms with Gasteiger partial charge in [0.2, 0.25) is 5.91 Å². The molecule has 0 spiro atoms. The predicted molar refractivity (Wildman–Crippen MR) is 81.4 cm³/mol. The zero-order valence-corrected chi connectivity index (χ0v) is 13.0. The number of carbonyl (C=O) groups excluding carboxylic acids is 1. The van der Waals surface area contributed by atoms with Crippen LogP contribution in [0, 0.1) is 5.92 Å². The van der Waals surface area contributed by atoms with Crippen molar-refractivity contribution < 1.29 is 9.53 Å². The van der Waals surface area contributed by atoms with Crippen LogP contribution in [0.5, 0.6) is 5.75 Å². The van der Waals surface area contributed by atoms with E-state index < -0.39 is 0 Å². The third-order valence-electron chi connectivity index (χ3n) is 2.96. The lowest BCUT2D eigenvalue weighted by Crippen LogP contribution is -2.14. The van der Waals surface area contributed by atoms with Crippen molar-refractivity contribution in [3.8, 4) is 5.75 Å². The van der Waals surface area contributed by atoms with Crippen molar-refractivity contribution in [3.63, 3.8) is 0 Å². The SMILES string of the molecule is COc1ccc(NC(=O)CCC(C)CCN)cc1Br. The van der Waals surface area contributed by atoms with Gasteiger partial charge in [-0.2, -0.15) is 0 Å². The summed E-state index contributed by atoms with van der Waals surface area (Å²) in [6.45, 7) is 2.79. The maximum atomic E-state index is 11.8. The molecule has 1 unspecified atom stereocenters. The Labute approximate surface area is 122 Å². The van der Waals surface area contributed by atoms with E-state index in [1.54, 1.807) is 7.11 Å². The summed E-state index contributed by atoms with van der Waals surface area (Å²) in [4.78, 5) is 11.8. The van der Waals surface area contributed by atoms with E-state index in [4.69, 9.17) is 10.5 Å². The molecular formula is C14H21BrN2O2. The van der Waals surface area contributed by atoms with Crippen LogP contribution >= 0.6 is 15.9 Å². The van der Waals surface area contributed by atoms with Gasteiger partial charge < -0.3 is 15.8 Å². The predicted octanol–water partition coefficient (Wildman–Crippen LogP) is 3.16. The van der Waals surface area contributed by atoms with Crippen LogP contribution < -0.4 is 15.8 Å². The van der Waals surface area contributed by atoms with E-state index in [0.717, 1.165) is 28.8 Å². The average molecular weight is 329 g/mol. The molecule has 0 heterocycles. The molecule has 1 amide bonds. The molecule has 4 nitrogen and oxygen atoms in total. The van der Waals surface area contributed by atoms with Crippen LogP contribution in [-0.2, 0) is 4.79 Å². The van der Waals surface area contributed by atoms with Crippen molar-refractivity contribution in [3.05, 3.63) is 22.7 Å². The van der Waals surface area contributed by atoms with Crippen molar-refractivity contribution in [2.45, 2.75) is 26.2 Å². The van der Waals surface area contributed by atoms with Gasteiger partial charge in [0.15, 0.2) is 0 Å². The van der Waals surface area contributed by atoms with Gasteiger partial charge in [-0.1, -0.05) is 6.92 Å². The average Bonchev–Trinajstić information content (AvgIpc) is 2.37. The van der Waals surface area contributed by atoms with E-state index in [2.05, 4.69) is 28.2 Å². The Balaban J connectivity index is 2.46. The van der Waals surface area contributed by atoms with Crippen molar-refractivity contribution in [1.82, 2.24) is 0 Å². The lowest BCUT2D eigenvalue weighted by atomic mass is 10.0. The number of nitrogens with two attached hydrogens (primary N) is 1. The monoisotopic (exact) mass is 328 g/mol. The molecule has 0 aliphatic rings. The van der Waals surface area contributed by atoms with E-state index in [1.165, 1.54) is 0 Å². The van der Waals surface area contributed by atoms with Gasteiger partial charge in [0.1, 0.15) is 5.75 Å². The first-order valence-corrected chi connectivity index (χ1v) is 7.19. The minimum atomic E-state index is 0.0286. The molecule has 1 atom stereocenters. The lowest BCUT2D eigenvalue weighted by Gasteiger charge is -2.11. The second kappa shape index (κ2) is 8.17. The van der Waals surface area contributed by atoms with Crippen molar-refractivity contribution in [2.24, 2.45) is 11.7 Å². The Bertz CT molecular complexity index is 424. The molecule has 3 N–H and O–H groups in total. The maximum Gasteiger partial charge on any atom is 0.224 e. The molecule has 0 saturated carbocycles. The Hall–Kier alpha value is -1.07. The number of anilines is 1. The smallest absolute Gasteiger partial charge is 0.224 e. The number of benzene rings is 1. The topological polar surface area (TPSA) is 64.3 Å². The lowest BCUT2D eigenvalue weighted by molar-refractivity contribution is -0.116. The Morgan fingerprint density at radius 3 is 2.79 bits per heavy atom. The number of methoxy groups -OCH3 is 1. The zero-order chi connectivity index (χ0) is 14.3. The van der Waals surface area contributed by atoms with Crippen molar-refractivity contribution >= 4 is 27.5 Å². The van der Waals surface area contributed by atoms with Gasteiger partial charge in [0.25, 0.3) is 0 Å². The summed E-state index contributed by atoms with van der Waals surface area (Å²) < 4.78 is 5.96. The third kappa shape index (κ3) is 5.61. The largest absolute Gasteiger partial charge is 0.496 e. The number of carbonyl (C=O) groups is 1. The first kappa shape index (κ1) is 16.0. The van der Waals surface area contributed by atoms with Gasteiger partial charge >= 0.3 is 0 Å². The summed E-state index contributed by atoms with van der Waals surface area (Å²) in [5.74, 6) is 1.26. The minimum absolute atomic E-state index is 0.0286. The Morgan fingerprint density at radius 1 is 1.47 bits per heavy atom. The normalized spacial score (nSPS) is 12.0. The number of nitrogens with one attached hydrogen (secondary N) is 1. The second-order valence-corrected chi connectivity index (χ2v) is 5.47. The molecule has 0 fully saturated rings. The molecule has 0 bridgehead atoms. The number of halogens is 1. The number of amides is 1. The summed E-state index contributed by atoms with van der Waals surface area (Å²) in [5, 5.41) is 2.88. The summed E-state index contributed by atoms with van der Waals surface area (Å²) in [6.07, 6.45) is 2.34. The van der Waals surface area contributed by atoms with Crippen LogP contribution in [-0.4, -0.2) is 19.6 Å². The van der Waals surface area contributed by atoms with Crippen LogP contribution in [0.1, 0.15) is 26.2 Å². The van der Waals surface area contributed by atoms with Crippen LogP contribution in [0.25, 0.3) is 0 Å². The number of rotatable bonds is 7. The van der Waals surface area contributed by atoms with Gasteiger partial charge in [0.05, 0.1) is 11.6 Å². The highest BCUT2D eigenvalue weighted by Gasteiger charge is 2.08. The van der Waals surface area contributed by atoms with Gasteiger partial charge in [-0.05, 0) is 59.4 Å². The first-order valence-electron chi connectivity index (χ1n) is 6.40. The zero-order valence-electron chi connectivity index (χ0n) is 11.4. The molecule has 106 valence electrons. The maximum absolute atomic E-state index is 11.8. The van der Waals surface area contributed by atoms with E-state index in [1.807, 2.05) is 18.2 Å². The van der Waals surface area contributed by atoms with E-state index in [0.29, 0.717) is 18.9 Å². The molecule has 0 aliphatic carbocycles. The van der Waals surface area contributed by atoms with Crippen LogP contribution in [0.15, 0.2) is 22.7 Å². The standard InChI is InChI=1S/C14H21BrN2O2/c1-10(7-8-16)3-6-14(18)17-11-4-5-13(19-2)12(15)9-11/h4-5,9-10H,3,6-8,16H2,1-2H3,(H,17,18). The highest BCUT2D eigenvalue weighted by molar-refractivity contribution is 9.10. The van der Waals surface area contributed by atoms with Crippen molar-refractivity contribution in [2.75, 3.05) is 19.0 Å². The third-order valence-corrected chi connectivity index (χ3v) is 3.58. The highest BCUT2D eigenvalue weighted by atomic mass is 79.9. The van der Waals surface area contributed by atoms with Crippen LogP contribution in [0.3, 0.4) is 0 Å². The number of hydrogen-bond acceptors (Lipinski definition) is 3. The van der Waals surface area contributed by atoms with E-state index >= 15 is 0 Å². The Morgan fingerprint density at radius 2 is 2.21 bits per heavy atom. The number of hydrogen-bond donors (Lipinski definition) is 2. The number of ether oxygens (including phenoxy) is 1. The molecule has 0 saturated heterocycles. The van der Waals surface area contributed by atoms with Gasteiger partial charge in [0, 0.05) is 12.1 Å². The molecule has 0 aromatic heterocycles. The molecule has 1 aromatic carbocycles. The summed E-state index contributed by atoms with van der Waals surface area (Å²) >= 11 is 3.39. The van der Waals surface area contributed by atoms with E-state index in [9.17, 15) is 4.79 Å². The summed E-state index contributed by atoms with van der Waals surface area (Å²) in [6, 6.07) is 5.47. The molecule has 0 radical (unpaired) electrons. The summed E-state index contributed by atoms with van der Waals surface area (Å²) in [5.41, 5.74) is 6.25. The molecule has 0 aliphatic heterocycles. The van der Waals surface area contributed by atoms with Gasteiger partial charge in [-0.25, -0.2) is 0 Å². The fraction of sp³-hybridized carbons (Fsp3) is 0.500. The molecule has 5 heteroatoms. The second-order valence-electron chi connectivity index (χ2n) is 4.62. The van der Waals surface area contributed by atoms with Gasteiger partial charge in [-0.3, -0.25) is 4.79 Å². The molecular weight excluding hydrogens is 308 g/mol. The highest BCUT2D eigenvalue weighted by Crippen LogP contribution is 2.27. The van der Waals surface area contributed by atoms with E-state index in [-0.39, 0.29) is 5.91 Å². The first-order chi connectivity index (χ1) is 9.06. The van der Waals surface area contributed by atoms with Crippen molar-refractivity contribution in [1.29, 1.82) is 0 Å². The van der Waals surface area contributed by atoms with Crippen LogP contribution in [0.4, 0.5) is 5.69 Å². The molecule has 1 rings (SSSR count).